The maximum atomic E-state index is 12.7. The van der Waals surface area contributed by atoms with E-state index in [9.17, 15) is 4.39 Å². The lowest BCUT2D eigenvalue weighted by Crippen LogP contribution is -2.01. The fourth-order valence-electron chi connectivity index (χ4n) is 1.57. The van der Waals surface area contributed by atoms with E-state index in [1.54, 1.807) is 12.1 Å². The predicted octanol–water partition coefficient (Wildman–Crippen LogP) is 3.76. The highest BCUT2D eigenvalue weighted by Crippen LogP contribution is 2.12. The molecule has 0 amide bonds. The van der Waals surface area contributed by atoms with Gasteiger partial charge < -0.3 is 4.74 Å². The second kappa shape index (κ2) is 5.48. The lowest BCUT2D eigenvalue weighted by atomic mass is 10.1. The van der Waals surface area contributed by atoms with Gasteiger partial charge in [0.25, 0.3) is 0 Å². The zero-order valence-corrected chi connectivity index (χ0v) is 9.82. The normalized spacial score (nSPS) is 10.2. The number of aryl methyl sites for hydroxylation is 1. The summed E-state index contributed by atoms with van der Waals surface area (Å²) in [6.45, 7) is 2.65. The average Bonchev–Trinajstić information content (AvgIpc) is 2.34. The predicted molar refractivity (Wildman–Crippen MR) is 66.8 cm³/mol. The molecule has 0 heterocycles. The van der Waals surface area contributed by atoms with Gasteiger partial charge in [0.2, 0.25) is 0 Å². The minimum atomic E-state index is -0.201. The third kappa shape index (κ3) is 3.59. The van der Waals surface area contributed by atoms with Crippen molar-refractivity contribution in [2.24, 2.45) is 0 Å². The molecule has 0 bridgehead atoms. The van der Waals surface area contributed by atoms with Crippen LogP contribution in [0.15, 0.2) is 48.5 Å². The van der Waals surface area contributed by atoms with E-state index in [-0.39, 0.29) is 5.82 Å². The first-order valence-electron chi connectivity index (χ1n) is 5.68. The van der Waals surface area contributed by atoms with Gasteiger partial charge in [-0.25, -0.2) is 4.39 Å². The Balaban J connectivity index is 1.83. The topological polar surface area (TPSA) is 9.23 Å². The van der Waals surface area contributed by atoms with Crippen LogP contribution < -0.4 is 4.74 Å². The second-order valence-electron chi connectivity index (χ2n) is 4.04. The van der Waals surface area contributed by atoms with Crippen LogP contribution in [0.25, 0.3) is 0 Å². The first-order chi connectivity index (χ1) is 8.24. The van der Waals surface area contributed by atoms with Crippen LogP contribution in [0.4, 0.5) is 4.39 Å². The lowest BCUT2D eigenvalue weighted by Gasteiger charge is -2.06. The lowest BCUT2D eigenvalue weighted by molar-refractivity contribution is 0.322. The van der Waals surface area contributed by atoms with Crippen molar-refractivity contribution in [3.63, 3.8) is 0 Å². The smallest absolute Gasteiger partial charge is 0.123 e. The van der Waals surface area contributed by atoms with Crippen molar-refractivity contribution in [3.8, 4) is 5.75 Å². The van der Waals surface area contributed by atoms with Gasteiger partial charge in [0.1, 0.15) is 11.6 Å². The highest BCUT2D eigenvalue weighted by atomic mass is 19.1. The molecule has 1 nitrogen and oxygen atoms in total. The van der Waals surface area contributed by atoms with Crippen LogP contribution in [0.2, 0.25) is 0 Å². The van der Waals surface area contributed by atoms with Crippen LogP contribution in [0.3, 0.4) is 0 Å². The Morgan fingerprint density at radius 2 is 1.59 bits per heavy atom. The summed E-state index contributed by atoms with van der Waals surface area (Å²) in [4.78, 5) is 0. The molecule has 0 fully saturated rings. The molecule has 2 aromatic rings. The molecular weight excluding hydrogens is 215 g/mol. The standard InChI is InChI=1S/C15H15FO/c1-12-2-8-15(9-3-12)17-11-10-13-4-6-14(16)7-5-13/h2-9H,10-11H2,1H3. The molecule has 0 N–H and O–H groups in total. The molecule has 88 valence electrons. The molecular formula is C15H15FO. The van der Waals surface area contributed by atoms with Gasteiger partial charge >= 0.3 is 0 Å². The van der Waals surface area contributed by atoms with Crippen LogP contribution in [0.1, 0.15) is 11.1 Å². The first-order valence-corrected chi connectivity index (χ1v) is 5.68. The molecule has 0 unspecified atom stereocenters. The van der Waals surface area contributed by atoms with Gasteiger partial charge in [0.05, 0.1) is 6.61 Å². The van der Waals surface area contributed by atoms with Crippen LogP contribution in [-0.4, -0.2) is 6.61 Å². The van der Waals surface area contributed by atoms with Crippen molar-refractivity contribution in [3.05, 3.63) is 65.5 Å². The van der Waals surface area contributed by atoms with Crippen molar-refractivity contribution < 1.29 is 9.13 Å². The number of rotatable bonds is 4. The zero-order valence-electron chi connectivity index (χ0n) is 9.82. The SMILES string of the molecule is Cc1ccc(OCCc2ccc(F)cc2)cc1. The number of hydrogen-bond donors (Lipinski definition) is 0. The van der Waals surface area contributed by atoms with Gasteiger partial charge in [-0.05, 0) is 36.8 Å². The number of hydrogen-bond acceptors (Lipinski definition) is 1. The molecule has 2 aromatic carbocycles. The van der Waals surface area contributed by atoms with Gasteiger partial charge in [-0.1, -0.05) is 29.8 Å². The van der Waals surface area contributed by atoms with Gasteiger partial charge in [-0.15, -0.1) is 0 Å². The van der Waals surface area contributed by atoms with Crippen LogP contribution in [0.5, 0.6) is 5.75 Å². The molecule has 0 saturated heterocycles. The maximum absolute atomic E-state index is 12.7. The highest BCUT2D eigenvalue weighted by molar-refractivity contribution is 5.26. The minimum absolute atomic E-state index is 0.201. The molecule has 0 radical (unpaired) electrons. The maximum Gasteiger partial charge on any atom is 0.123 e. The molecule has 0 aliphatic carbocycles. The van der Waals surface area contributed by atoms with Gasteiger partial charge in [0, 0.05) is 6.42 Å². The summed E-state index contributed by atoms with van der Waals surface area (Å²) < 4.78 is 18.3. The van der Waals surface area contributed by atoms with Crippen molar-refractivity contribution in [2.45, 2.75) is 13.3 Å². The van der Waals surface area contributed by atoms with Crippen molar-refractivity contribution in [1.82, 2.24) is 0 Å². The Kier molecular flexibility index (Phi) is 3.76. The summed E-state index contributed by atoms with van der Waals surface area (Å²) in [5, 5.41) is 0. The molecule has 0 aliphatic heterocycles. The van der Waals surface area contributed by atoms with Crippen LogP contribution in [-0.2, 0) is 6.42 Å². The number of halogens is 1. The third-order valence-electron chi connectivity index (χ3n) is 2.59. The van der Waals surface area contributed by atoms with Crippen LogP contribution >= 0.6 is 0 Å². The molecule has 0 atom stereocenters. The van der Waals surface area contributed by atoms with E-state index in [2.05, 4.69) is 0 Å². The van der Waals surface area contributed by atoms with Crippen molar-refractivity contribution >= 4 is 0 Å². The van der Waals surface area contributed by atoms with E-state index in [1.165, 1.54) is 17.7 Å². The summed E-state index contributed by atoms with van der Waals surface area (Å²) in [6, 6.07) is 14.5. The zero-order chi connectivity index (χ0) is 12.1. The molecule has 2 rings (SSSR count). The molecule has 0 aromatic heterocycles. The summed E-state index contributed by atoms with van der Waals surface area (Å²) in [7, 11) is 0. The van der Waals surface area contributed by atoms with Gasteiger partial charge in [-0.3, -0.25) is 0 Å². The third-order valence-corrected chi connectivity index (χ3v) is 2.59. The Labute approximate surface area is 101 Å². The quantitative estimate of drug-likeness (QED) is 0.777. The Morgan fingerprint density at radius 3 is 2.24 bits per heavy atom. The largest absolute Gasteiger partial charge is 0.493 e. The van der Waals surface area contributed by atoms with Crippen LogP contribution in [0, 0.1) is 12.7 Å². The van der Waals surface area contributed by atoms with Crippen molar-refractivity contribution in [1.29, 1.82) is 0 Å². The molecule has 0 saturated carbocycles. The van der Waals surface area contributed by atoms with Crippen molar-refractivity contribution in [2.75, 3.05) is 6.61 Å². The second-order valence-corrected chi connectivity index (χ2v) is 4.04. The fourth-order valence-corrected chi connectivity index (χ4v) is 1.57. The molecule has 2 heteroatoms. The van der Waals surface area contributed by atoms with E-state index in [4.69, 9.17) is 4.74 Å². The van der Waals surface area contributed by atoms with Gasteiger partial charge in [0.15, 0.2) is 0 Å². The van der Waals surface area contributed by atoms with E-state index in [1.807, 2.05) is 31.2 Å². The summed E-state index contributed by atoms with van der Waals surface area (Å²) in [6.07, 6.45) is 0.786. The van der Waals surface area contributed by atoms with Gasteiger partial charge in [-0.2, -0.15) is 0 Å². The molecule has 0 aliphatic rings. The monoisotopic (exact) mass is 230 g/mol. The van der Waals surface area contributed by atoms with E-state index in [0.717, 1.165) is 17.7 Å². The first kappa shape index (κ1) is 11.6. The Morgan fingerprint density at radius 1 is 0.941 bits per heavy atom. The van der Waals surface area contributed by atoms with E-state index in [0.29, 0.717) is 6.61 Å². The average molecular weight is 230 g/mol. The number of benzene rings is 2. The van der Waals surface area contributed by atoms with E-state index >= 15 is 0 Å². The Hall–Kier alpha value is -1.83. The summed E-state index contributed by atoms with van der Waals surface area (Å²) in [5.74, 6) is 0.672. The fraction of sp³-hybridized carbons (Fsp3) is 0.200. The highest BCUT2D eigenvalue weighted by Gasteiger charge is 1.96. The summed E-state index contributed by atoms with van der Waals surface area (Å²) in [5.41, 5.74) is 2.30. The summed E-state index contributed by atoms with van der Waals surface area (Å²) >= 11 is 0. The Bertz CT molecular complexity index is 414. The van der Waals surface area contributed by atoms with E-state index < -0.39 is 0 Å². The molecule has 0 spiro atoms. The molecule has 17 heavy (non-hydrogen) atoms. The number of ether oxygens (including phenoxy) is 1. The minimum Gasteiger partial charge on any atom is -0.493 e.